The molecule has 2 aromatic rings. The Kier molecular flexibility index (Phi) is 7.98. The minimum atomic E-state index is -3.04. The third-order valence-electron chi connectivity index (χ3n) is 5.23. The topological polar surface area (TPSA) is 92.3 Å². The van der Waals surface area contributed by atoms with Crippen LogP contribution in [0.15, 0.2) is 22.5 Å². The van der Waals surface area contributed by atoms with Gasteiger partial charge in [0.2, 0.25) is 11.0 Å². The van der Waals surface area contributed by atoms with Gasteiger partial charge in [0.25, 0.3) is 0 Å². The first kappa shape index (κ1) is 24.0. The second-order valence-electron chi connectivity index (χ2n) is 8.25. The number of nitrogens with zero attached hydrogens (tertiary/aromatic N) is 3. The number of aromatic nitrogens is 2. The van der Waals surface area contributed by atoms with Crippen LogP contribution in [-0.2, 0) is 21.1 Å². The standard InChI is InChI=1S/C21H30N4O3S3/c1-5-16-8-6-7-15(4)19(16)22-20-23-24-21(30-20)29-12-18(26)25(11-14(2)3)17-9-10-31(27,28)13-17/h6-8,14,17H,5,9-13H2,1-4H3,(H,22,23). The number of carbonyl (C=O) groups is 1. The maximum Gasteiger partial charge on any atom is 0.233 e. The highest BCUT2D eigenvalue weighted by molar-refractivity contribution is 8.01. The van der Waals surface area contributed by atoms with Gasteiger partial charge >= 0.3 is 0 Å². The van der Waals surface area contributed by atoms with Crippen molar-refractivity contribution in [3.8, 4) is 0 Å². The number of anilines is 2. The van der Waals surface area contributed by atoms with Crippen molar-refractivity contribution in [3.63, 3.8) is 0 Å². The summed E-state index contributed by atoms with van der Waals surface area (Å²) in [5, 5.41) is 12.5. The molecule has 1 fully saturated rings. The highest BCUT2D eigenvalue weighted by atomic mass is 32.2. The molecule has 0 bridgehead atoms. The molecule has 31 heavy (non-hydrogen) atoms. The number of hydrogen-bond donors (Lipinski definition) is 1. The van der Waals surface area contributed by atoms with Gasteiger partial charge in [0, 0.05) is 18.3 Å². The summed E-state index contributed by atoms with van der Waals surface area (Å²) in [5.74, 6) is 0.687. The first-order valence-corrected chi connectivity index (χ1v) is 14.1. The van der Waals surface area contributed by atoms with E-state index in [1.54, 1.807) is 4.90 Å². The molecule has 0 spiro atoms. The molecule has 7 nitrogen and oxygen atoms in total. The maximum atomic E-state index is 12.9. The Hall–Kier alpha value is -1.65. The van der Waals surface area contributed by atoms with Crippen LogP contribution in [0.4, 0.5) is 10.8 Å². The second-order valence-corrected chi connectivity index (χ2v) is 12.7. The van der Waals surface area contributed by atoms with Crippen LogP contribution >= 0.6 is 23.1 Å². The van der Waals surface area contributed by atoms with E-state index >= 15 is 0 Å². The number of thioether (sulfide) groups is 1. The van der Waals surface area contributed by atoms with E-state index < -0.39 is 9.84 Å². The number of sulfone groups is 1. The van der Waals surface area contributed by atoms with Gasteiger partial charge in [-0.2, -0.15) is 0 Å². The van der Waals surface area contributed by atoms with Gasteiger partial charge in [-0.1, -0.05) is 62.1 Å². The summed E-state index contributed by atoms with van der Waals surface area (Å²) in [6.07, 6.45) is 1.44. The third kappa shape index (κ3) is 6.43. The van der Waals surface area contributed by atoms with E-state index in [-0.39, 0.29) is 35.1 Å². The van der Waals surface area contributed by atoms with Crippen molar-refractivity contribution in [3.05, 3.63) is 29.3 Å². The number of carbonyl (C=O) groups excluding carboxylic acids is 1. The van der Waals surface area contributed by atoms with Gasteiger partial charge < -0.3 is 10.2 Å². The summed E-state index contributed by atoms with van der Waals surface area (Å²) in [7, 11) is -3.04. The predicted octanol–water partition coefficient (Wildman–Crippen LogP) is 3.92. The molecule has 1 aromatic heterocycles. The smallest absolute Gasteiger partial charge is 0.233 e. The van der Waals surface area contributed by atoms with Gasteiger partial charge in [-0.3, -0.25) is 4.79 Å². The van der Waals surface area contributed by atoms with Crippen LogP contribution in [0.1, 0.15) is 38.3 Å². The number of nitrogens with one attached hydrogen (secondary N) is 1. The number of benzene rings is 1. The molecule has 10 heteroatoms. The van der Waals surface area contributed by atoms with Crippen LogP contribution in [0.5, 0.6) is 0 Å². The Balaban J connectivity index is 1.63. The molecule has 1 saturated heterocycles. The van der Waals surface area contributed by atoms with E-state index in [9.17, 15) is 13.2 Å². The predicted molar refractivity (Wildman–Crippen MR) is 128 cm³/mol. The molecule has 1 amide bonds. The average Bonchev–Trinajstić information content (AvgIpc) is 3.31. The van der Waals surface area contributed by atoms with Gasteiger partial charge in [-0.15, -0.1) is 10.2 Å². The second kappa shape index (κ2) is 10.3. The van der Waals surface area contributed by atoms with E-state index in [0.29, 0.717) is 22.4 Å². The van der Waals surface area contributed by atoms with Gasteiger partial charge in [0.05, 0.1) is 17.3 Å². The molecule has 0 saturated carbocycles. The minimum absolute atomic E-state index is 0.0438. The lowest BCUT2D eigenvalue weighted by Gasteiger charge is -2.29. The Morgan fingerprint density at radius 2 is 2.13 bits per heavy atom. The van der Waals surface area contributed by atoms with Crippen molar-refractivity contribution >= 4 is 49.7 Å². The summed E-state index contributed by atoms with van der Waals surface area (Å²) in [4.78, 5) is 14.7. The lowest BCUT2D eigenvalue weighted by molar-refractivity contribution is -0.130. The zero-order chi connectivity index (χ0) is 22.6. The Morgan fingerprint density at radius 1 is 1.35 bits per heavy atom. The first-order chi connectivity index (χ1) is 14.7. The Bertz CT molecular complexity index is 1020. The molecule has 1 aliphatic heterocycles. The SMILES string of the molecule is CCc1cccc(C)c1Nc1nnc(SCC(=O)N(CC(C)C)C2CCS(=O)(=O)C2)s1. The summed E-state index contributed by atoms with van der Waals surface area (Å²) in [5.41, 5.74) is 3.42. The van der Waals surface area contributed by atoms with Crippen LogP contribution in [-0.4, -0.2) is 59.3 Å². The minimum Gasteiger partial charge on any atom is -0.338 e. The lowest BCUT2D eigenvalue weighted by atomic mass is 10.1. The van der Waals surface area contributed by atoms with Gasteiger partial charge in [0.1, 0.15) is 0 Å². The highest BCUT2D eigenvalue weighted by Crippen LogP contribution is 2.31. The molecule has 1 unspecified atom stereocenters. The van der Waals surface area contributed by atoms with Gasteiger partial charge in [-0.05, 0) is 36.8 Å². The molecule has 0 aliphatic carbocycles. The zero-order valence-electron chi connectivity index (χ0n) is 18.4. The van der Waals surface area contributed by atoms with E-state index in [4.69, 9.17) is 0 Å². The quantitative estimate of drug-likeness (QED) is 0.542. The molecular weight excluding hydrogens is 452 g/mol. The number of para-hydroxylation sites is 1. The van der Waals surface area contributed by atoms with Crippen LogP contribution in [0.3, 0.4) is 0 Å². The molecule has 1 N–H and O–H groups in total. The largest absolute Gasteiger partial charge is 0.338 e. The van der Waals surface area contributed by atoms with Crippen molar-refractivity contribution in [2.75, 3.05) is 29.1 Å². The number of hydrogen-bond acceptors (Lipinski definition) is 8. The Labute approximate surface area is 192 Å². The molecule has 3 rings (SSSR count). The van der Waals surface area contributed by atoms with Crippen molar-refractivity contribution in [1.29, 1.82) is 0 Å². The van der Waals surface area contributed by atoms with Crippen LogP contribution < -0.4 is 5.32 Å². The van der Waals surface area contributed by atoms with Crippen LogP contribution in [0, 0.1) is 12.8 Å². The van der Waals surface area contributed by atoms with Crippen LogP contribution in [0.2, 0.25) is 0 Å². The monoisotopic (exact) mass is 482 g/mol. The summed E-state index contributed by atoms with van der Waals surface area (Å²) in [6, 6.07) is 5.98. The average molecular weight is 483 g/mol. The fourth-order valence-corrected chi connectivity index (χ4v) is 7.08. The number of rotatable bonds is 9. The van der Waals surface area contributed by atoms with Crippen molar-refractivity contribution in [2.24, 2.45) is 5.92 Å². The van der Waals surface area contributed by atoms with Crippen molar-refractivity contribution in [1.82, 2.24) is 15.1 Å². The highest BCUT2D eigenvalue weighted by Gasteiger charge is 2.34. The molecule has 170 valence electrons. The van der Waals surface area contributed by atoms with Gasteiger partial charge in [-0.25, -0.2) is 8.42 Å². The fraction of sp³-hybridized carbons (Fsp3) is 0.571. The zero-order valence-corrected chi connectivity index (χ0v) is 20.9. The summed E-state index contributed by atoms with van der Waals surface area (Å²) >= 11 is 2.77. The molecule has 1 aromatic carbocycles. The van der Waals surface area contributed by atoms with Crippen molar-refractivity contribution in [2.45, 2.75) is 50.9 Å². The number of aryl methyl sites for hydroxylation is 2. The van der Waals surface area contributed by atoms with Gasteiger partial charge in [0.15, 0.2) is 14.2 Å². The Morgan fingerprint density at radius 3 is 2.77 bits per heavy atom. The summed E-state index contributed by atoms with van der Waals surface area (Å²) in [6.45, 7) is 8.82. The molecular formula is C21H30N4O3S3. The molecule has 1 atom stereocenters. The van der Waals surface area contributed by atoms with E-state index in [1.807, 2.05) is 19.9 Å². The molecule has 2 heterocycles. The lowest BCUT2D eigenvalue weighted by Crippen LogP contribution is -2.44. The van der Waals surface area contributed by atoms with E-state index in [2.05, 4.69) is 41.5 Å². The molecule has 0 radical (unpaired) electrons. The third-order valence-corrected chi connectivity index (χ3v) is 8.94. The normalized spacial score (nSPS) is 17.8. The molecule has 1 aliphatic rings. The number of amides is 1. The van der Waals surface area contributed by atoms with Crippen LogP contribution in [0.25, 0.3) is 0 Å². The van der Waals surface area contributed by atoms with E-state index in [0.717, 1.165) is 17.7 Å². The first-order valence-electron chi connectivity index (χ1n) is 10.5. The summed E-state index contributed by atoms with van der Waals surface area (Å²) < 4.78 is 24.5. The maximum absolute atomic E-state index is 12.9. The van der Waals surface area contributed by atoms with E-state index in [1.165, 1.54) is 28.7 Å². The fourth-order valence-electron chi connectivity index (χ4n) is 3.70. The van der Waals surface area contributed by atoms with Crippen molar-refractivity contribution < 1.29 is 13.2 Å².